The third-order valence-electron chi connectivity index (χ3n) is 3.48. The van der Waals surface area contributed by atoms with Crippen LogP contribution in [0.15, 0.2) is 53.4 Å². The Kier molecular flexibility index (Phi) is 6.73. The Labute approximate surface area is 158 Å². The molecular weight excluding hydrogens is 379 g/mol. The van der Waals surface area contributed by atoms with E-state index in [1.54, 1.807) is 31.2 Å². The molecule has 4 N–H and O–H groups in total. The first-order chi connectivity index (χ1) is 12.7. The number of benzene rings is 2. The van der Waals surface area contributed by atoms with Gasteiger partial charge in [0.2, 0.25) is 11.8 Å². The zero-order valence-electron chi connectivity index (χ0n) is 14.3. The van der Waals surface area contributed by atoms with Gasteiger partial charge in [0.05, 0.1) is 11.3 Å². The van der Waals surface area contributed by atoms with Gasteiger partial charge in [0.25, 0.3) is 0 Å². The molecule has 0 radical (unpaired) electrons. The van der Waals surface area contributed by atoms with Crippen LogP contribution in [0.2, 0.25) is 0 Å². The van der Waals surface area contributed by atoms with E-state index in [1.807, 2.05) is 0 Å². The van der Waals surface area contributed by atoms with E-state index in [0.717, 1.165) is 17.0 Å². The van der Waals surface area contributed by atoms with E-state index in [4.69, 9.17) is 5.73 Å². The Balaban J connectivity index is 2.05. The molecule has 0 heterocycles. The monoisotopic (exact) mass is 397 g/mol. The molecule has 9 heteroatoms. The van der Waals surface area contributed by atoms with Crippen LogP contribution in [0.1, 0.15) is 12.5 Å². The van der Waals surface area contributed by atoms with Gasteiger partial charge in [0.1, 0.15) is 6.04 Å². The molecule has 2 amide bonds. The van der Waals surface area contributed by atoms with E-state index in [1.165, 1.54) is 23.9 Å². The maximum Gasteiger partial charge on any atom is 0.416 e. The summed E-state index contributed by atoms with van der Waals surface area (Å²) in [7, 11) is 0. The molecule has 0 saturated carbocycles. The minimum atomic E-state index is -4.48. The minimum absolute atomic E-state index is 0.0554. The number of thioether (sulfide) groups is 1. The van der Waals surface area contributed by atoms with Crippen molar-refractivity contribution in [3.63, 3.8) is 0 Å². The van der Waals surface area contributed by atoms with Crippen LogP contribution in [0.3, 0.4) is 0 Å². The van der Waals surface area contributed by atoms with Crippen molar-refractivity contribution in [1.29, 1.82) is 0 Å². The molecule has 1 atom stereocenters. The highest BCUT2D eigenvalue weighted by Crippen LogP contribution is 2.31. The Morgan fingerprint density at radius 1 is 1.15 bits per heavy atom. The maximum absolute atomic E-state index is 12.8. The van der Waals surface area contributed by atoms with Crippen LogP contribution in [0.4, 0.5) is 24.5 Å². The molecule has 0 bridgehead atoms. The zero-order valence-corrected chi connectivity index (χ0v) is 15.2. The number of carbonyl (C=O) groups excluding carboxylic acids is 2. The number of para-hydroxylation sites is 1. The van der Waals surface area contributed by atoms with Gasteiger partial charge in [-0.3, -0.25) is 9.59 Å². The molecule has 2 aromatic rings. The molecule has 0 unspecified atom stereocenters. The Hall–Kier alpha value is -2.68. The van der Waals surface area contributed by atoms with Crippen LogP contribution in [0.5, 0.6) is 0 Å². The number of carbonyl (C=O) groups is 2. The van der Waals surface area contributed by atoms with Crippen LogP contribution in [-0.4, -0.2) is 23.6 Å². The van der Waals surface area contributed by atoms with E-state index in [9.17, 15) is 22.8 Å². The Bertz CT molecular complexity index is 827. The molecule has 0 aliphatic heterocycles. The highest BCUT2D eigenvalue weighted by atomic mass is 32.2. The van der Waals surface area contributed by atoms with Crippen molar-refractivity contribution in [3.05, 3.63) is 54.1 Å². The first kappa shape index (κ1) is 20.6. The third-order valence-corrected chi connectivity index (χ3v) is 4.58. The zero-order chi connectivity index (χ0) is 20.0. The van der Waals surface area contributed by atoms with Gasteiger partial charge in [0, 0.05) is 16.3 Å². The van der Waals surface area contributed by atoms with Crippen molar-refractivity contribution in [3.8, 4) is 0 Å². The number of amides is 2. The van der Waals surface area contributed by atoms with Gasteiger partial charge in [-0.25, -0.2) is 0 Å². The second kappa shape index (κ2) is 8.81. The minimum Gasteiger partial charge on any atom is -0.373 e. The fourth-order valence-electron chi connectivity index (χ4n) is 2.18. The summed E-state index contributed by atoms with van der Waals surface area (Å²) in [4.78, 5) is 24.0. The third kappa shape index (κ3) is 6.21. The maximum atomic E-state index is 12.8. The molecule has 5 nitrogen and oxygen atoms in total. The molecule has 0 aliphatic rings. The fourth-order valence-corrected chi connectivity index (χ4v) is 2.94. The van der Waals surface area contributed by atoms with Crippen LogP contribution < -0.4 is 16.4 Å². The van der Waals surface area contributed by atoms with Crippen molar-refractivity contribution in [1.82, 2.24) is 0 Å². The molecule has 0 aliphatic carbocycles. The summed E-state index contributed by atoms with van der Waals surface area (Å²) in [6.45, 7) is 1.58. The lowest BCUT2D eigenvalue weighted by atomic mass is 10.2. The second-order valence-corrected chi connectivity index (χ2v) is 6.70. The highest BCUT2D eigenvalue weighted by molar-refractivity contribution is 8.00. The highest BCUT2D eigenvalue weighted by Gasteiger charge is 2.30. The van der Waals surface area contributed by atoms with Crippen LogP contribution in [0, 0.1) is 0 Å². The molecule has 2 rings (SSSR count). The number of hydrogen-bond acceptors (Lipinski definition) is 4. The lowest BCUT2D eigenvalue weighted by Gasteiger charge is -2.18. The number of rotatable bonds is 7. The summed E-state index contributed by atoms with van der Waals surface area (Å²) in [5, 5.41) is 5.45. The van der Waals surface area contributed by atoms with E-state index in [2.05, 4.69) is 10.6 Å². The van der Waals surface area contributed by atoms with Gasteiger partial charge in [-0.15, -0.1) is 11.8 Å². The number of nitrogens with one attached hydrogen (secondary N) is 2. The Morgan fingerprint density at radius 2 is 1.85 bits per heavy atom. The molecule has 0 fully saturated rings. The second-order valence-electron chi connectivity index (χ2n) is 5.68. The first-order valence-electron chi connectivity index (χ1n) is 7.91. The van der Waals surface area contributed by atoms with Crippen molar-refractivity contribution in [2.45, 2.75) is 24.0 Å². The van der Waals surface area contributed by atoms with Crippen molar-refractivity contribution in [2.75, 3.05) is 16.4 Å². The molecule has 0 saturated heterocycles. The normalized spacial score (nSPS) is 12.3. The van der Waals surface area contributed by atoms with Crippen LogP contribution in [-0.2, 0) is 15.8 Å². The summed E-state index contributed by atoms with van der Waals surface area (Å²) in [5.41, 5.74) is 4.98. The van der Waals surface area contributed by atoms with Crippen molar-refractivity contribution >= 4 is 35.0 Å². The number of hydrogen-bond donors (Lipinski definition) is 3. The lowest BCUT2D eigenvalue weighted by Crippen LogP contribution is -2.32. The van der Waals surface area contributed by atoms with E-state index >= 15 is 0 Å². The van der Waals surface area contributed by atoms with E-state index in [0.29, 0.717) is 5.69 Å². The van der Waals surface area contributed by atoms with Gasteiger partial charge in [-0.1, -0.05) is 18.2 Å². The summed E-state index contributed by atoms with van der Waals surface area (Å²) in [5.74, 6) is -0.877. The quantitative estimate of drug-likeness (QED) is 0.622. The summed E-state index contributed by atoms with van der Waals surface area (Å²) < 4.78 is 38.3. The summed E-state index contributed by atoms with van der Waals surface area (Å²) >= 11 is 1.22. The number of primary amides is 1. The smallest absolute Gasteiger partial charge is 0.373 e. The average molecular weight is 397 g/mol. The predicted molar refractivity (Wildman–Crippen MR) is 99.5 cm³/mol. The summed E-state index contributed by atoms with van der Waals surface area (Å²) in [6.07, 6.45) is -4.48. The Morgan fingerprint density at radius 3 is 2.52 bits per heavy atom. The molecular formula is C18H18F3N3O2S. The topological polar surface area (TPSA) is 84.2 Å². The standard InChI is InChI=1S/C18H18F3N3O2S/c1-11(23-14-7-2-3-8-15(14)27-10-16(22)25)17(26)24-13-6-4-5-12(9-13)18(19,20)21/h2-9,11,23H,10H2,1H3,(H2,22,25)(H,24,26)/t11-/m0/s1. The van der Waals surface area contributed by atoms with Gasteiger partial charge >= 0.3 is 6.18 Å². The van der Waals surface area contributed by atoms with Crippen LogP contribution >= 0.6 is 11.8 Å². The predicted octanol–water partition coefficient (Wildman–Crippen LogP) is 3.72. The largest absolute Gasteiger partial charge is 0.416 e. The molecule has 0 spiro atoms. The summed E-state index contributed by atoms with van der Waals surface area (Å²) in [6, 6.07) is 10.7. The molecule has 2 aromatic carbocycles. The van der Waals surface area contributed by atoms with Crippen molar-refractivity contribution < 1.29 is 22.8 Å². The average Bonchev–Trinajstić information content (AvgIpc) is 2.60. The SMILES string of the molecule is C[C@H](Nc1ccccc1SCC(N)=O)C(=O)Nc1cccc(C(F)(F)F)c1. The van der Waals surface area contributed by atoms with Gasteiger partial charge in [-0.05, 0) is 37.3 Å². The van der Waals surface area contributed by atoms with Gasteiger partial charge in [-0.2, -0.15) is 13.2 Å². The fraction of sp³-hybridized carbons (Fsp3) is 0.222. The molecule has 27 heavy (non-hydrogen) atoms. The van der Waals surface area contributed by atoms with E-state index in [-0.39, 0.29) is 11.4 Å². The molecule has 0 aromatic heterocycles. The van der Waals surface area contributed by atoms with E-state index < -0.39 is 29.6 Å². The number of alkyl halides is 3. The van der Waals surface area contributed by atoms with Gasteiger partial charge < -0.3 is 16.4 Å². The molecule has 144 valence electrons. The number of nitrogens with two attached hydrogens (primary N) is 1. The van der Waals surface area contributed by atoms with Crippen LogP contribution in [0.25, 0.3) is 0 Å². The van der Waals surface area contributed by atoms with Crippen molar-refractivity contribution in [2.24, 2.45) is 5.73 Å². The van der Waals surface area contributed by atoms with Gasteiger partial charge in [0.15, 0.2) is 0 Å². The number of anilines is 2. The number of halogens is 3. The lowest BCUT2D eigenvalue weighted by molar-refractivity contribution is -0.137. The first-order valence-corrected chi connectivity index (χ1v) is 8.90.